The summed E-state index contributed by atoms with van der Waals surface area (Å²) in [4.78, 5) is 2.21. The van der Waals surface area contributed by atoms with Crippen molar-refractivity contribution in [1.29, 1.82) is 0 Å². The highest BCUT2D eigenvalue weighted by atomic mass is 79.9. The Kier molecular flexibility index (Phi) is 2.68. The van der Waals surface area contributed by atoms with Crippen molar-refractivity contribution in [3.8, 4) is 0 Å². The van der Waals surface area contributed by atoms with Gasteiger partial charge >= 0.3 is 0 Å². The number of likely N-dealkylation sites (tertiary alicyclic amines) is 1. The maximum absolute atomic E-state index is 9.80. The minimum atomic E-state index is -0.443. The average molecular weight is 260 g/mol. The van der Waals surface area contributed by atoms with Crippen LogP contribution in [-0.4, -0.2) is 28.7 Å². The minimum absolute atomic E-state index is 0.443. The van der Waals surface area contributed by atoms with Gasteiger partial charge in [-0.3, -0.25) is 4.90 Å². The predicted molar refractivity (Wildman–Crippen MR) is 56.9 cm³/mol. The van der Waals surface area contributed by atoms with Crippen LogP contribution in [0, 0.1) is 0 Å². The molecule has 1 aliphatic heterocycles. The second-order valence-electron chi connectivity index (χ2n) is 3.98. The molecule has 4 heteroatoms. The molecule has 0 saturated carbocycles. The van der Waals surface area contributed by atoms with Gasteiger partial charge in [0.2, 0.25) is 0 Å². The van der Waals surface area contributed by atoms with Gasteiger partial charge < -0.3 is 9.52 Å². The van der Waals surface area contributed by atoms with Crippen molar-refractivity contribution in [2.75, 3.05) is 13.1 Å². The molecular weight excluding hydrogens is 246 g/mol. The third-order valence-corrected chi connectivity index (χ3v) is 3.14. The number of rotatable bonds is 3. The molecule has 2 rings (SSSR count). The molecule has 0 spiro atoms. The van der Waals surface area contributed by atoms with Gasteiger partial charge in [0.1, 0.15) is 0 Å². The van der Waals surface area contributed by atoms with E-state index in [4.69, 9.17) is 4.42 Å². The standard InChI is InChI=1S/C10H14BrNO2/c1-2-10(13)6-12(7-10)4-8-3-9(11)14-5-8/h3,5,13H,2,4,6-7H2,1H3. The number of hydrogen-bond donors (Lipinski definition) is 1. The molecule has 0 unspecified atom stereocenters. The van der Waals surface area contributed by atoms with Crippen molar-refractivity contribution >= 4 is 15.9 Å². The van der Waals surface area contributed by atoms with Gasteiger partial charge in [-0.1, -0.05) is 6.92 Å². The van der Waals surface area contributed by atoms with Crippen LogP contribution in [0.3, 0.4) is 0 Å². The molecule has 3 nitrogen and oxygen atoms in total. The summed E-state index contributed by atoms with van der Waals surface area (Å²) in [5.74, 6) is 0. The fourth-order valence-corrected chi connectivity index (χ4v) is 2.20. The van der Waals surface area contributed by atoms with Crippen LogP contribution in [0.5, 0.6) is 0 Å². The van der Waals surface area contributed by atoms with Crippen LogP contribution in [0.15, 0.2) is 21.4 Å². The van der Waals surface area contributed by atoms with E-state index in [1.807, 2.05) is 13.0 Å². The van der Waals surface area contributed by atoms with Gasteiger partial charge in [-0.2, -0.15) is 0 Å². The normalized spacial score (nSPS) is 20.8. The molecule has 2 heterocycles. The lowest BCUT2D eigenvalue weighted by atomic mass is 9.91. The number of nitrogens with zero attached hydrogens (tertiary/aromatic N) is 1. The van der Waals surface area contributed by atoms with Crippen LogP contribution in [0.4, 0.5) is 0 Å². The van der Waals surface area contributed by atoms with Gasteiger partial charge in [0.05, 0.1) is 11.9 Å². The Morgan fingerprint density at radius 2 is 2.36 bits per heavy atom. The first-order valence-electron chi connectivity index (χ1n) is 4.79. The Balaban J connectivity index is 1.85. The summed E-state index contributed by atoms with van der Waals surface area (Å²) in [6, 6.07) is 1.96. The number of β-amino-alcohol motifs (C(OH)–C–C–N with tert-alkyl or cyclic N) is 1. The number of hydrogen-bond acceptors (Lipinski definition) is 3. The van der Waals surface area contributed by atoms with E-state index < -0.39 is 5.60 Å². The molecule has 78 valence electrons. The van der Waals surface area contributed by atoms with Crippen LogP contribution >= 0.6 is 15.9 Å². The molecule has 0 aliphatic carbocycles. The van der Waals surface area contributed by atoms with Crippen molar-refractivity contribution in [3.05, 3.63) is 22.6 Å². The number of furan rings is 1. The fraction of sp³-hybridized carbons (Fsp3) is 0.600. The van der Waals surface area contributed by atoms with Gasteiger partial charge in [0.25, 0.3) is 0 Å². The highest BCUT2D eigenvalue weighted by molar-refractivity contribution is 9.10. The lowest BCUT2D eigenvalue weighted by Gasteiger charge is -2.46. The fourth-order valence-electron chi connectivity index (χ4n) is 1.81. The largest absolute Gasteiger partial charge is 0.457 e. The first-order valence-corrected chi connectivity index (χ1v) is 5.58. The molecule has 0 amide bonds. The summed E-state index contributed by atoms with van der Waals surface area (Å²) >= 11 is 3.26. The first kappa shape index (κ1) is 10.2. The molecule has 0 atom stereocenters. The smallest absolute Gasteiger partial charge is 0.169 e. The van der Waals surface area contributed by atoms with Crippen molar-refractivity contribution in [2.24, 2.45) is 0 Å². The Bertz CT molecular complexity index is 318. The summed E-state index contributed by atoms with van der Waals surface area (Å²) in [5, 5.41) is 9.80. The van der Waals surface area contributed by atoms with Crippen LogP contribution in [0.25, 0.3) is 0 Å². The van der Waals surface area contributed by atoms with Gasteiger partial charge in [-0.05, 0) is 28.4 Å². The van der Waals surface area contributed by atoms with E-state index in [9.17, 15) is 5.11 Å². The second kappa shape index (κ2) is 3.68. The van der Waals surface area contributed by atoms with Crippen molar-refractivity contribution in [3.63, 3.8) is 0 Å². The molecule has 1 aromatic heterocycles. The van der Waals surface area contributed by atoms with Crippen molar-refractivity contribution < 1.29 is 9.52 Å². The molecule has 1 saturated heterocycles. The van der Waals surface area contributed by atoms with Crippen LogP contribution in [-0.2, 0) is 6.54 Å². The Hall–Kier alpha value is -0.320. The highest BCUT2D eigenvalue weighted by Gasteiger charge is 2.39. The van der Waals surface area contributed by atoms with Gasteiger partial charge in [0, 0.05) is 25.2 Å². The average Bonchev–Trinajstić information content (AvgIpc) is 2.48. The summed E-state index contributed by atoms with van der Waals surface area (Å²) in [6.07, 6.45) is 2.58. The lowest BCUT2D eigenvalue weighted by molar-refractivity contribution is -0.103. The maximum Gasteiger partial charge on any atom is 0.169 e. The third kappa shape index (κ3) is 2.02. The van der Waals surface area contributed by atoms with E-state index in [-0.39, 0.29) is 0 Å². The molecule has 14 heavy (non-hydrogen) atoms. The first-order chi connectivity index (χ1) is 6.61. The number of aliphatic hydroxyl groups is 1. The maximum atomic E-state index is 9.80. The van der Waals surface area contributed by atoms with E-state index in [0.29, 0.717) is 0 Å². The molecule has 1 aromatic rings. The summed E-state index contributed by atoms with van der Waals surface area (Å²) in [6.45, 7) is 4.42. The van der Waals surface area contributed by atoms with E-state index >= 15 is 0 Å². The monoisotopic (exact) mass is 259 g/mol. The van der Waals surface area contributed by atoms with E-state index in [1.165, 1.54) is 0 Å². The SMILES string of the molecule is CCC1(O)CN(Cc2coc(Br)c2)C1. The molecular formula is C10H14BrNO2. The molecule has 0 aromatic carbocycles. The van der Waals surface area contributed by atoms with E-state index in [1.54, 1.807) is 6.26 Å². The predicted octanol–water partition coefficient (Wildman–Crippen LogP) is 2.00. The lowest BCUT2D eigenvalue weighted by Crippen LogP contribution is -2.60. The summed E-state index contributed by atoms with van der Waals surface area (Å²) in [7, 11) is 0. The zero-order chi connectivity index (χ0) is 10.2. The topological polar surface area (TPSA) is 36.6 Å². The summed E-state index contributed by atoms with van der Waals surface area (Å²) in [5.41, 5.74) is 0.705. The van der Waals surface area contributed by atoms with E-state index in [2.05, 4.69) is 20.8 Å². The van der Waals surface area contributed by atoms with Crippen LogP contribution in [0.2, 0.25) is 0 Å². The molecule has 1 aliphatic rings. The highest BCUT2D eigenvalue weighted by Crippen LogP contribution is 2.26. The zero-order valence-electron chi connectivity index (χ0n) is 8.16. The van der Waals surface area contributed by atoms with Crippen molar-refractivity contribution in [2.45, 2.75) is 25.5 Å². The quantitative estimate of drug-likeness (QED) is 0.903. The molecule has 0 bridgehead atoms. The van der Waals surface area contributed by atoms with Gasteiger partial charge in [0.15, 0.2) is 4.67 Å². The Morgan fingerprint density at radius 3 is 2.86 bits per heavy atom. The summed E-state index contributed by atoms with van der Waals surface area (Å²) < 4.78 is 5.90. The van der Waals surface area contributed by atoms with Crippen LogP contribution < -0.4 is 0 Å². The minimum Gasteiger partial charge on any atom is -0.457 e. The van der Waals surface area contributed by atoms with Crippen molar-refractivity contribution in [1.82, 2.24) is 4.90 Å². The second-order valence-corrected chi connectivity index (χ2v) is 4.76. The van der Waals surface area contributed by atoms with E-state index in [0.717, 1.165) is 36.3 Å². The van der Waals surface area contributed by atoms with Gasteiger partial charge in [-0.15, -0.1) is 0 Å². The Morgan fingerprint density at radius 1 is 1.64 bits per heavy atom. The zero-order valence-corrected chi connectivity index (χ0v) is 9.75. The molecule has 1 N–H and O–H groups in total. The van der Waals surface area contributed by atoms with Crippen LogP contribution in [0.1, 0.15) is 18.9 Å². The Labute approximate surface area is 91.8 Å². The molecule has 1 fully saturated rings. The van der Waals surface area contributed by atoms with Gasteiger partial charge in [-0.25, -0.2) is 0 Å². The molecule has 0 radical (unpaired) electrons. The third-order valence-electron chi connectivity index (χ3n) is 2.72. The number of halogens is 1.